The van der Waals surface area contributed by atoms with Gasteiger partial charge in [0.25, 0.3) is 5.89 Å². The minimum Gasteiger partial charge on any atom is -0.334 e. The first-order valence-corrected chi connectivity index (χ1v) is 5.90. The van der Waals surface area contributed by atoms with Gasteiger partial charge < -0.3 is 9.84 Å². The predicted octanol–water partition coefficient (Wildman–Crippen LogP) is 2.06. The second kappa shape index (κ2) is 5.59. The predicted molar refractivity (Wildman–Crippen MR) is 66.7 cm³/mol. The third-order valence-electron chi connectivity index (χ3n) is 2.68. The second-order valence-electron chi connectivity index (χ2n) is 3.88. The maximum absolute atomic E-state index is 5.28. The van der Waals surface area contributed by atoms with Crippen molar-refractivity contribution in [1.82, 2.24) is 15.5 Å². The number of nitrogens with one attached hydrogen (secondary N) is 1. The lowest BCUT2D eigenvalue weighted by Crippen LogP contribution is -2.10. The fourth-order valence-corrected chi connectivity index (χ4v) is 1.71. The molecule has 1 aromatic carbocycles. The van der Waals surface area contributed by atoms with Gasteiger partial charge in [-0.3, -0.25) is 0 Å². The van der Waals surface area contributed by atoms with Gasteiger partial charge in [-0.1, -0.05) is 30.3 Å². The highest BCUT2D eigenvalue weighted by Crippen LogP contribution is 2.22. The molecule has 0 saturated heterocycles. The third-order valence-corrected chi connectivity index (χ3v) is 2.68. The van der Waals surface area contributed by atoms with Gasteiger partial charge in [0.15, 0.2) is 5.82 Å². The molecule has 1 N–H and O–H groups in total. The summed E-state index contributed by atoms with van der Waals surface area (Å²) < 4.78 is 5.28. The van der Waals surface area contributed by atoms with E-state index >= 15 is 0 Å². The Bertz CT molecular complexity index is 479. The molecule has 2 rings (SSSR count). The molecule has 0 bridgehead atoms. The lowest BCUT2D eigenvalue weighted by atomic mass is 10.0. The van der Waals surface area contributed by atoms with Crippen LogP contribution in [0.1, 0.15) is 18.3 Å². The topological polar surface area (TPSA) is 51.0 Å². The van der Waals surface area contributed by atoms with E-state index in [2.05, 4.69) is 21.5 Å². The average Bonchev–Trinajstić information content (AvgIpc) is 2.85. The summed E-state index contributed by atoms with van der Waals surface area (Å²) in [4.78, 5) is 4.37. The van der Waals surface area contributed by atoms with Crippen LogP contribution in [0.5, 0.6) is 0 Å². The molecular weight excluding hydrogens is 214 g/mol. The highest BCUT2D eigenvalue weighted by Gasteiger charge is 2.11. The average molecular weight is 231 g/mol. The van der Waals surface area contributed by atoms with Crippen molar-refractivity contribution in [2.45, 2.75) is 19.8 Å². The molecule has 0 aliphatic heterocycles. The van der Waals surface area contributed by atoms with Crippen LogP contribution in [0.15, 0.2) is 28.8 Å². The lowest BCUT2D eigenvalue weighted by molar-refractivity contribution is 0.423. The maximum Gasteiger partial charge on any atom is 0.258 e. The van der Waals surface area contributed by atoms with E-state index in [-0.39, 0.29) is 0 Å². The van der Waals surface area contributed by atoms with Crippen molar-refractivity contribution in [2.24, 2.45) is 0 Å². The molecule has 4 nitrogen and oxygen atoms in total. The minimum absolute atomic E-state index is 0.619. The molecule has 0 aliphatic rings. The van der Waals surface area contributed by atoms with E-state index < -0.39 is 0 Å². The summed E-state index contributed by atoms with van der Waals surface area (Å²) in [5.41, 5.74) is 2.27. The monoisotopic (exact) mass is 231 g/mol. The minimum atomic E-state index is 0.619. The van der Waals surface area contributed by atoms with E-state index in [1.807, 2.05) is 32.2 Å². The largest absolute Gasteiger partial charge is 0.334 e. The zero-order chi connectivity index (χ0) is 12.1. The van der Waals surface area contributed by atoms with Gasteiger partial charge in [-0.2, -0.15) is 4.98 Å². The van der Waals surface area contributed by atoms with Crippen molar-refractivity contribution in [3.63, 3.8) is 0 Å². The molecule has 1 heterocycles. The number of hydrogen-bond acceptors (Lipinski definition) is 4. The van der Waals surface area contributed by atoms with Crippen LogP contribution >= 0.6 is 0 Å². The summed E-state index contributed by atoms with van der Waals surface area (Å²) in [5.74, 6) is 1.37. The summed E-state index contributed by atoms with van der Waals surface area (Å²) in [6.07, 6.45) is 1.75. The van der Waals surface area contributed by atoms with Crippen molar-refractivity contribution in [2.75, 3.05) is 13.6 Å². The molecule has 0 radical (unpaired) electrons. The SMILES string of the molecule is CCc1noc(-c2ccccc2CCNC)n1. The molecule has 17 heavy (non-hydrogen) atoms. The fraction of sp³-hybridized carbons (Fsp3) is 0.385. The van der Waals surface area contributed by atoms with Gasteiger partial charge in [-0.15, -0.1) is 0 Å². The van der Waals surface area contributed by atoms with E-state index in [1.165, 1.54) is 5.56 Å². The van der Waals surface area contributed by atoms with Crippen LogP contribution in [-0.2, 0) is 12.8 Å². The van der Waals surface area contributed by atoms with Crippen LogP contribution in [0.3, 0.4) is 0 Å². The van der Waals surface area contributed by atoms with Crippen molar-refractivity contribution in [1.29, 1.82) is 0 Å². The Morgan fingerprint density at radius 1 is 1.29 bits per heavy atom. The number of nitrogens with zero attached hydrogens (tertiary/aromatic N) is 2. The van der Waals surface area contributed by atoms with Gasteiger partial charge in [0, 0.05) is 12.0 Å². The number of benzene rings is 1. The molecule has 0 fully saturated rings. The Balaban J connectivity index is 2.30. The van der Waals surface area contributed by atoms with Crippen LogP contribution in [0.2, 0.25) is 0 Å². The summed E-state index contributed by atoms with van der Waals surface area (Å²) in [6, 6.07) is 8.15. The highest BCUT2D eigenvalue weighted by atomic mass is 16.5. The first-order valence-electron chi connectivity index (χ1n) is 5.90. The van der Waals surface area contributed by atoms with Crippen molar-refractivity contribution in [3.05, 3.63) is 35.7 Å². The summed E-state index contributed by atoms with van der Waals surface area (Å²) in [6.45, 7) is 2.95. The standard InChI is InChI=1S/C13H17N3O/c1-3-12-15-13(17-16-12)11-7-5-4-6-10(11)8-9-14-2/h4-7,14H,3,8-9H2,1-2H3. The molecule has 0 aliphatic carbocycles. The van der Waals surface area contributed by atoms with Crippen LogP contribution in [0.4, 0.5) is 0 Å². The van der Waals surface area contributed by atoms with E-state index in [1.54, 1.807) is 0 Å². The number of aromatic nitrogens is 2. The molecule has 0 spiro atoms. The number of hydrogen-bond donors (Lipinski definition) is 1. The smallest absolute Gasteiger partial charge is 0.258 e. The Morgan fingerprint density at radius 2 is 2.12 bits per heavy atom. The van der Waals surface area contributed by atoms with Crippen LogP contribution < -0.4 is 5.32 Å². The number of aryl methyl sites for hydroxylation is 1. The Kier molecular flexibility index (Phi) is 3.88. The van der Waals surface area contributed by atoms with Crippen LogP contribution in [0, 0.1) is 0 Å². The Hall–Kier alpha value is -1.68. The molecule has 0 atom stereocenters. The molecule has 4 heteroatoms. The van der Waals surface area contributed by atoms with Crippen molar-refractivity contribution in [3.8, 4) is 11.5 Å². The van der Waals surface area contributed by atoms with Crippen molar-refractivity contribution >= 4 is 0 Å². The zero-order valence-electron chi connectivity index (χ0n) is 10.2. The van der Waals surface area contributed by atoms with Crippen molar-refractivity contribution < 1.29 is 4.52 Å². The van der Waals surface area contributed by atoms with Gasteiger partial charge >= 0.3 is 0 Å². The molecule has 2 aromatic rings. The second-order valence-corrected chi connectivity index (χ2v) is 3.88. The number of likely N-dealkylation sites (N-methyl/N-ethyl adjacent to an activating group) is 1. The first-order chi connectivity index (χ1) is 8.35. The molecule has 0 unspecified atom stereocenters. The van der Waals surface area contributed by atoms with Crippen LogP contribution in [-0.4, -0.2) is 23.7 Å². The van der Waals surface area contributed by atoms with Gasteiger partial charge in [-0.05, 0) is 31.6 Å². The molecule has 0 amide bonds. The van der Waals surface area contributed by atoms with Gasteiger partial charge in [-0.25, -0.2) is 0 Å². The third kappa shape index (κ3) is 2.71. The molecular formula is C13H17N3O. The maximum atomic E-state index is 5.28. The summed E-state index contributed by atoms with van der Waals surface area (Å²) in [5, 5.41) is 7.08. The van der Waals surface area contributed by atoms with Gasteiger partial charge in [0.1, 0.15) is 0 Å². The molecule has 0 saturated carbocycles. The van der Waals surface area contributed by atoms with E-state index in [4.69, 9.17) is 4.52 Å². The summed E-state index contributed by atoms with van der Waals surface area (Å²) in [7, 11) is 1.95. The molecule has 90 valence electrons. The van der Waals surface area contributed by atoms with Gasteiger partial charge in [0.2, 0.25) is 0 Å². The fourth-order valence-electron chi connectivity index (χ4n) is 1.71. The highest BCUT2D eigenvalue weighted by molar-refractivity contribution is 5.58. The Morgan fingerprint density at radius 3 is 2.82 bits per heavy atom. The zero-order valence-corrected chi connectivity index (χ0v) is 10.2. The van der Waals surface area contributed by atoms with E-state index in [0.717, 1.165) is 30.8 Å². The first kappa shape index (κ1) is 11.8. The van der Waals surface area contributed by atoms with Gasteiger partial charge in [0.05, 0.1) is 0 Å². The summed E-state index contributed by atoms with van der Waals surface area (Å²) >= 11 is 0. The van der Waals surface area contributed by atoms with E-state index in [9.17, 15) is 0 Å². The Labute approximate surface area is 101 Å². The molecule has 1 aromatic heterocycles. The normalized spacial score (nSPS) is 10.7. The van der Waals surface area contributed by atoms with Crippen LogP contribution in [0.25, 0.3) is 11.5 Å². The van der Waals surface area contributed by atoms with E-state index in [0.29, 0.717) is 5.89 Å². The quantitative estimate of drug-likeness (QED) is 0.855. The lowest BCUT2D eigenvalue weighted by Gasteiger charge is -2.04. The number of rotatable bonds is 5.